The van der Waals surface area contributed by atoms with Gasteiger partial charge >= 0.3 is 0 Å². The number of benzene rings is 1. The van der Waals surface area contributed by atoms with Gasteiger partial charge in [-0.05, 0) is 36.8 Å². The molecule has 0 aromatic heterocycles. The van der Waals surface area contributed by atoms with Crippen molar-refractivity contribution in [3.63, 3.8) is 0 Å². The Morgan fingerprint density at radius 3 is 2.76 bits per heavy atom. The second-order valence-electron chi connectivity index (χ2n) is 6.56. The summed E-state index contributed by atoms with van der Waals surface area (Å²) in [4.78, 5) is 12.5. The van der Waals surface area contributed by atoms with Gasteiger partial charge < -0.3 is 15.7 Å². The van der Waals surface area contributed by atoms with Crippen LogP contribution in [0.4, 0.5) is 0 Å². The molecule has 4 heteroatoms. The minimum atomic E-state index is -0.237. The Morgan fingerprint density at radius 2 is 2.14 bits per heavy atom. The second kappa shape index (κ2) is 7.05. The summed E-state index contributed by atoms with van der Waals surface area (Å²) in [5.41, 5.74) is 1.07. The SMILES string of the molecule is CC1(C)CCCNC1C(=O)N[C@H](CO)Cc1ccccc1. The van der Waals surface area contributed by atoms with Gasteiger partial charge in [-0.25, -0.2) is 0 Å². The molecule has 0 radical (unpaired) electrons. The van der Waals surface area contributed by atoms with Gasteiger partial charge in [-0.15, -0.1) is 0 Å². The first-order valence-electron chi connectivity index (χ1n) is 7.71. The maximum absolute atomic E-state index is 12.5. The Kier molecular flexibility index (Phi) is 5.37. The highest BCUT2D eigenvalue weighted by molar-refractivity contribution is 5.83. The highest BCUT2D eigenvalue weighted by Crippen LogP contribution is 2.30. The van der Waals surface area contributed by atoms with E-state index in [2.05, 4.69) is 24.5 Å². The first kappa shape index (κ1) is 16.0. The van der Waals surface area contributed by atoms with Crippen molar-refractivity contribution in [2.45, 2.75) is 45.2 Å². The molecule has 1 heterocycles. The van der Waals surface area contributed by atoms with Gasteiger partial charge in [0.1, 0.15) is 0 Å². The summed E-state index contributed by atoms with van der Waals surface area (Å²) < 4.78 is 0. The fraction of sp³-hybridized carbons (Fsp3) is 0.588. The standard InChI is InChI=1S/C17H26N2O2/c1-17(2)9-6-10-18-15(17)16(21)19-14(12-20)11-13-7-4-3-5-8-13/h3-5,7-8,14-15,18,20H,6,9-12H2,1-2H3,(H,19,21)/t14-,15?/m0/s1. The van der Waals surface area contributed by atoms with Crippen molar-refractivity contribution in [3.8, 4) is 0 Å². The van der Waals surface area contributed by atoms with E-state index in [0.717, 1.165) is 24.9 Å². The van der Waals surface area contributed by atoms with Crippen LogP contribution in [0.1, 0.15) is 32.3 Å². The van der Waals surface area contributed by atoms with Crippen LogP contribution in [-0.4, -0.2) is 36.2 Å². The molecule has 2 rings (SSSR count). The van der Waals surface area contributed by atoms with E-state index in [1.54, 1.807) is 0 Å². The van der Waals surface area contributed by atoms with Crippen LogP contribution in [0.3, 0.4) is 0 Å². The lowest BCUT2D eigenvalue weighted by Gasteiger charge is -2.38. The van der Waals surface area contributed by atoms with Crippen LogP contribution in [0, 0.1) is 5.41 Å². The van der Waals surface area contributed by atoms with Gasteiger partial charge in [-0.1, -0.05) is 44.2 Å². The number of hydrogen-bond acceptors (Lipinski definition) is 3. The van der Waals surface area contributed by atoms with Crippen LogP contribution < -0.4 is 10.6 Å². The van der Waals surface area contributed by atoms with Gasteiger partial charge in [-0.3, -0.25) is 4.79 Å². The van der Waals surface area contributed by atoms with Gasteiger partial charge in [0.25, 0.3) is 0 Å². The molecule has 1 amide bonds. The molecule has 0 spiro atoms. The van der Waals surface area contributed by atoms with E-state index < -0.39 is 0 Å². The lowest BCUT2D eigenvalue weighted by Crippen LogP contribution is -2.57. The Balaban J connectivity index is 1.96. The minimum absolute atomic E-state index is 0.00492. The minimum Gasteiger partial charge on any atom is -0.394 e. The molecule has 21 heavy (non-hydrogen) atoms. The fourth-order valence-corrected chi connectivity index (χ4v) is 3.00. The Bertz CT molecular complexity index is 459. The third-order valence-electron chi connectivity index (χ3n) is 4.28. The van der Waals surface area contributed by atoms with E-state index in [-0.39, 0.29) is 30.0 Å². The lowest BCUT2D eigenvalue weighted by atomic mass is 9.77. The molecule has 0 bridgehead atoms. The summed E-state index contributed by atoms with van der Waals surface area (Å²) in [6.45, 7) is 5.07. The molecule has 0 aliphatic carbocycles. The highest BCUT2D eigenvalue weighted by atomic mass is 16.3. The molecular weight excluding hydrogens is 264 g/mol. The maximum Gasteiger partial charge on any atom is 0.237 e. The fourth-order valence-electron chi connectivity index (χ4n) is 3.00. The molecule has 0 saturated carbocycles. The van der Waals surface area contributed by atoms with E-state index in [1.807, 2.05) is 30.3 Å². The zero-order valence-electron chi connectivity index (χ0n) is 12.9. The number of rotatable bonds is 5. The largest absolute Gasteiger partial charge is 0.394 e. The molecule has 4 nitrogen and oxygen atoms in total. The van der Waals surface area contributed by atoms with Crippen molar-refractivity contribution in [3.05, 3.63) is 35.9 Å². The summed E-state index contributed by atoms with van der Waals surface area (Å²) >= 11 is 0. The molecule has 1 unspecified atom stereocenters. The average Bonchev–Trinajstić information content (AvgIpc) is 2.47. The maximum atomic E-state index is 12.5. The molecular formula is C17H26N2O2. The predicted octanol–water partition coefficient (Wildman–Crippen LogP) is 1.48. The monoisotopic (exact) mass is 290 g/mol. The number of nitrogens with one attached hydrogen (secondary N) is 2. The van der Waals surface area contributed by atoms with Crippen LogP contribution in [0.5, 0.6) is 0 Å². The number of carbonyl (C=O) groups is 1. The topological polar surface area (TPSA) is 61.4 Å². The van der Waals surface area contributed by atoms with Crippen molar-refractivity contribution >= 4 is 5.91 Å². The highest BCUT2D eigenvalue weighted by Gasteiger charge is 2.37. The van der Waals surface area contributed by atoms with Crippen LogP contribution in [-0.2, 0) is 11.2 Å². The summed E-state index contributed by atoms with van der Waals surface area (Å²) in [5.74, 6) is -0.00492. The number of amides is 1. The Labute approximate surface area is 126 Å². The molecule has 1 aromatic rings. The Hall–Kier alpha value is -1.39. The third-order valence-corrected chi connectivity index (χ3v) is 4.28. The van der Waals surface area contributed by atoms with E-state index in [0.29, 0.717) is 6.42 Å². The molecule has 3 N–H and O–H groups in total. The van der Waals surface area contributed by atoms with E-state index >= 15 is 0 Å². The van der Waals surface area contributed by atoms with Crippen LogP contribution >= 0.6 is 0 Å². The summed E-state index contributed by atoms with van der Waals surface area (Å²) in [7, 11) is 0. The normalized spacial score (nSPS) is 22.5. The van der Waals surface area contributed by atoms with Crippen molar-refractivity contribution in [1.82, 2.24) is 10.6 Å². The molecule has 1 aromatic carbocycles. The van der Waals surface area contributed by atoms with Gasteiger partial charge in [0.05, 0.1) is 18.7 Å². The number of hydrogen-bond donors (Lipinski definition) is 3. The van der Waals surface area contributed by atoms with Gasteiger partial charge in [0, 0.05) is 0 Å². The van der Waals surface area contributed by atoms with Gasteiger partial charge in [0.15, 0.2) is 0 Å². The van der Waals surface area contributed by atoms with Crippen molar-refractivity contribution < 1.29 is 9.90 Å². The third kappa shape index (κ3) is 4.29. The second-order valence-corrected chi connectivity index (χ2v) is 6.56. The summed E-state index contributed by atoms with van der Waals surface area (Å²) in [5, 5.41) is 15.8. The first-order chi connectivity index (χ1) is 10.0. The van der Waals surface area contributed by atoms with E-state index in [1.165, 1.54) is 0 Å². The van der Waals surface area contributed by atoms with Crippen molar-refractivity contribution in [2.75, 3.05) is 13.2 Å². The molecule has 2 atom stereocenters. The van der Waals surface area contributed by atoms with Gasteiger partial charge in [-0.2, -0.15) is 0 Å². The zero-order chi connectivity index (χ0) is 15.3. The van der Waals surface area contributed by atoms with Crippen molar-refractivity contribution in [1.29, 1.82) is 0 Å². The van der Waals surface area contributed by atoms with Crippen molar-refractivity contribution in [2.24, 2.45) is 5.41 Å². The Morgan fingerprint density at radius 1 is 1.43 bits per heavy atom. The number of aliphatic hydroxyl groups excluding tert-OH is 1. The van der Waals surface area contributed by atoms with E-state index in [4.69, 9.17) is 0 Å². The first-order valence-corrected chi connectivity index (χ1v) is 7.71. The van der Waals surface area contributed by atoms with Crippen LogP contribution in [0.25, 0.3) is 0 Å². The molecule has 116 valence electrons. The average molecular weight is 290 g/mol. The predicted molar refractivity (Wildman–Crippen MR) is 84.0 cm³/mol. The number of piperidine rings is 1. The lowest BCUT2D eigenvalue weighted by molar-refractivity contribution is -0.127. The zero-order valence-corrected chi connectivity index (χ0v) is 12.9. The van der Waals surface area contributed by atoms with E-state index in [9.17, 15) is 9.90 Å². The van der Waals surface area contributed by atoms with Gasteiger partial charge in [0.2, 0.25) is 5.91 Å². The molecule has 1 saturated heterocycles. The van der Waals surface area contributed by atoms with Crippen LogP contribution in [0.15, 0.2) is 30.3 Å². The summed E-state index contributed by atoms with van der Waals surface area (Å²) in [6.07, 6.45) is 2.79. The van der Waals surface area contributed by atoms with Crippen LogP contribution in [0.2, 0.25) is 0 Å². The quantitative estimate of drug-likeness (QED) is 0.770. The molecule has 1 fully saturated rings. The number of aliphatic hydroxyl groups is 1. The molecule has 1 aliphatic rings. The summed E-state index contributed by atoms with van der Waals surface area (Å²) in [6, 6.07) is 9.50. The smallest absolute Gasteiger partial charge is 0.237 e. The molecule has 1 aliphatic heterocycles. The number of carbonyl (C=O) groups excluding carboxylic acids is 1.